The summed E-state index contributed by atoms with van der Waals surface area (Å²) in [6, 6.07) is 9.81. The molecule has 1 rings (SSSR count). The minimum absolute atomic E-state index is 0.676. The molecule has 0 aromatic heterocycles. The average molecular weight is 317 g/mol. The van der Waals surface area contributed by atoms with Crippen molar-refractivity contribution < 1.29 is 5.11 Å². The smallest absolute Gasteiger partial charge is 0.146 e. The highest BCUT2D eigenvalue weighted by Crippen LogP contribution is 2.15. The van der Waals surface area contributed by atoms with Gasteiger partial charge >= 0.3 is 0 Å². The van der Waals surface area contributed by atoms with E-state index in [0.717, 1.165) is 31.2 Å². The van der Waals surface area contributed by atoms with Crippen LogP contribution in [0.15, 0.2) is 34.8 Å². The zero-order valence-corrected chi connectivity index (χ0v) is 12.4. The van der Waals surface area contributed by atoms with Gasteiger partial charge in [0.2, 0.25) is 0 Å². The molecule has 0 unspecified atom stereocenters. The summed E-state index contributed by atoms with van der Waals surface area (Å²) < 4.78 is 0.676. The molecule has 1 aromatic rings. The Labute approximate surface area is 123 Å². The first-order valence-corrected chi connectivity index (χ1v) is 7.05. The molecule has 0 aliphatic carbocycles. The van der Waals surface area contributed by atoms with Gasteiger partial charge < -0.3 is 5.11 Å². The Balaban J connectivity index is 2.45. The Morgan fingerprint density at radius 2 is 1.95 bits per heavy atom. The molecule has 0 fully saturated rings. The highest BCUT2D eigenvalue weighted by molar-refractivity contribution is 9.11. The van der Waals surface area contributed by atoms with Crippen molar-refractivity contribution in [3.63, 3.8) is 0 Å². The summed E-state index contributed by atoms with van der Waals surface area (Å²) in [5, 5.41) is 9.86. The van der Waals surface area contributed by atoms with Gasteiger partial charge in [-0.3, -0.25) is 0 Å². The Hall–Kier alpha value is -1.48. The van der Waals surface area contributed by atoms with Gasteiger partial charge in [-0.25, -0.2) is 0 Å². The average Bonchev–Trinajstić information content (AvgIpc) is 2.43. The summed E-state index contributed by atoms with van der Waals surface area (Å²) in [6.07, 6.45) is 9.79. The van der Waals surface area contributed by atoms with Crippen molar-refractivity contribution in [3.05, 3.63) is 40.4 Å². The third-order valence-corrected chi connectivity index (χ3v) is 3.14. The van der Waals surface area contributed by atoms with Gasteiger partial charge in [0.05, 0.1) is 0 Å². The van der Waals surface area contributed by atoms with Gasteiger partial charge in [-0.05, 0) is 24.5 Å². The van der Waals surface area contributed by atoms with Gasteiger partial charge in [-0.2, -0.15) is 0 Å². The molecule has 98 valence electrons. The molecule has 1 atom stereocenters. The Morgan fingerprint density at radius 3 is 2.63 bits per heavy atom. The first-order chi connectivity index (χ1) is 9.24. The van der Waals surface area contributed by atoms with Crippen molar-refractivity contribution in [1.29, 1.82) is 0 Å². The van der Waals surface area contributed by atoms with E-state index in [4.69, 9.17) is 6.42 Å². The van der Waals surface area contributed by atoms with Crippen LogP contribution >= 0.6 is 15.9 Å². The van der Waals surface area contributed by atoms with Crippen LogP contribution in [0.25, 0.3) is 6.08 Å². The van der Waals surface area contributed by atoms with E-state index in [9.17, 15) is 5.11 Å². The summed E-state index contributed by atoms with van der Waals surface area (Å²) in [4.78, 5) is 0. The fraction of sp³-hybridized carbons (Fsp3) is 0.294. The first-order valence-electron chi connectivity index (χ1n) is 6.26. The molecule has 0 spiro atoms. The number of aliphatic hydroxyl groups is 1. The lowest BCUT2D eigenvalue weighted by atomic mass is 10.1. The van der Waals surface area contributed by atoms with Gasteiger partial charge in [-0.1, -0.05) is 52.2 Å². The Kier molecular flexibility index (Phi) is 7.75. The molecule has 0 radical (unpaired) electrons. The third-order valence-electron chi connectivity index (χ3n) is 2.48. The van der Waals surface area contributed by atoms with Crippen LogP contribution in [-0.2, 0) is 0 Å². The van der Waals surface area contributed by atoms with E-state index in [1.54, 1.807) is 0 Å². The minimum Gasteiger partial charge on any atom is -0.376 e. The minimum atomic E-state index is -0.771. The first kappa shape index (κ1) is 15.6. The van der Waals surface area contributed by atoms with Crippen molar-refractivity contribution in [3.8, 4) is 24.2 Å². The van der Waals surface area contributed by atoms with E-state index < -0.39 is 6.10 Å². The van der Waals surface area contributed by atoms with Crippen molar-refractivity contribution in [1.82, 2.24) is 0 Å². The SMILES string of the molecule is C#CCCCCC#C[C@H](O)/C(Br)=C/c1ccccc1. The third kappa shape index (κ3) is 6.87. The molecule has 1 aromatic carbocycles. The molecule has 0 amide bonds. The van der Waals surface area contributed by atoms with E-state index in [2.05, 4.69) is 33.7 Å². The van der Waals surface area contributed by atoms with Crippen LogP contribution in [0.5, 0.6) is 0 Å². The molecule has 1 N–H and O–H groups in total. The molecule has 0 saturated heterocycles. The van der Waals surface area contributed by atoms with Crippen LogP contribution in [-0.4, -0.2) is 11.2 Å². The lowest BCUT2D eigenvalue weighted by molar-refractivity contribution is 0.278. The fourth-order valence-corrected chi connectivity index (χ4v) is 1.84. The van der Waals surface area contributed by atoms with E-state index in [1.165, 1.54) is 0 Å². The molecule has 0 saturated carbocycles. The monoisotopic (exact) mass is 316 g/mol. The molecule has 0 heterocycles. The zero-order chi connectivity index (χ0) is 13.9. The van der Waals surface area contributed by atoms with E-state index in [0.29, 0.717) is 4.48 Å². The lowest BCUT2D eigenvalue weighted by Crippen LogP contribution is -2.01. The number of unbranched alkanes of at least 4 members (excludes halogenated alkanes) is 3. The normalized spacial score (nSPS) is 12.2. The second-order valence-corrected chi connectivity index (χ2v) is 4.99. The maximum Gasteiger partial charge on any atom is 0.146 e. The molecular weight excluding hydrogens is 300 g/mol. The summed E-state index contributed by atoms with van der Waals surface area (Å²) in [5.41, 5.74) is 1.03. The predicted octanol–water partition coefficient (Wildman–Crippen LogP) is 3.98. The molecule has 0 aliphatic heterocycles. The van der Waals surface area contributed by atoms with Crippen LogP contribution in [0.3, 0.4) is 0 Å². The standard InChI is InChI=1S/C17H17BrO/c1-2-3-4-5-6-10-13-17(19)16(18)14-15-11-8-7-9-12-15/h1,7-9,11-12,14,17,19H,3-6H2/b16-14-/t17-/m0/s1. The fourth-order valence-electron chi connectivity index (χ4n) is 1.47. The number of halogens is 1. The Morgan fingerprint density at radius 1 is 1.26 bits per heavy atom. The van der Waals surface area contributed by atoms with Crippen LogP contribution in [0.4, 0.5) is 0 Å². The van der Waals surface area contributed by atoms with Gasteiger partial charge in [0, 0.05) is 17.3 Å². The van der Waals surface area contributed by atoms with Crippen LogP contribution in [0, 0.1) is 24.2 Å². The predicted molar refractivity (Wildman–Crippen MR) is 84.4 cm³/mol. The maximum atomic E-state index is 9.86. The highest BCUT2D eigenvalue weighted by atomic mass is 79.9. The van der Waals surface area contributed by atoms with Crippen molar-refractivity contribution in [2.24, 2.45) is 0 Å². The number of hydrogen-bond donors (Lipinski definition) is 1. The van der Waals surface area contributed by atoms with E-state index >= 15 is 0 Å². The molecule has 0 aliphatic rings. The van der Waals surface area contributed by atoms with E-state index in [-0.39, 0.29) is 0 Å². The second kappa shape index (κ2) is 9.45. The number of terminal acetylenes is 1. The molecule has 1 nitrogen and oxygen atoms in total. The van der Waals surface area contributed by atoms with Crippen LogP contribution in [0.2, 0.25) is 0 Å². The van der Waals surface area contributed by atoms with Gasteiger partial charge in [0.15, 0.2) is 0 Å². The van der Waals surface area contributed by atoms with Crippen molar-refractivity contribution in [2.75, 3.05) is 0 Å². The lowest BCUT2D eigenvalue weighted by Gasteiger charge is -2.02. The summed E-state index contributed by atoms with van der Waals surface area (Å²) >= 11 is 3.36. The molecule has 19 heavy (non-hydrogen) atoms. The summed E-state index contributed by atoms with van der Waals surface area (Å²) in [5.74, 6) is 8.39. The maximum absolute atomic E-state index is 9.86. The zero-order valence-electron chi connectivity index (χ0n) is 10.8. The van der Waals surface area contributed by atoms with Gasteiger partial charge in [0.25, 0.3) is 0 Å². The molecule has 0 bridgehead atoms. The number of rotatable bonds is 5. The molecular formula is C17H17BrO. The number of benzene rings is 1. The highest BCUT2D eigenvalue weighted by Gasteiger charge is 2.03. The topological polar surface area (TPSA) is 20.2 Å². The van der Waals surface area contributed by atoms with Crippen molar-refractivity contribution in [2.45, 2.75) is 31.8 Å². The van der Waals surface area contributed by atoms with Crippen LogP contribution in [0.1, 0.15) is 31.2 Å². The quantitative estimate of drug-likeness (QED) is 0.643. The van der Waals surface area contributed by atoms with Crippen LogP contribution < -0.4 is 0 Å². The molecule has 2 heteroatoms. The van der Waals surface area contributed by atoms with Crippen molar-refractivity contribution >= 4 is 22.0 Å². The Bertz CT molecular complexity index is 500. The number of aliphatic hydroxyl groups excluding tert-OH is 1. The van der Waals surface area contributed by atoms with Gasteiger partial charge in [0.1, 0.15) is 6.10 Å². The summed E-state index contributed by atoms with van der Waals surface area (Å²) in [7, 11) is 0. The summed E-state index contributed by atoms with van der Waals surface area (Å²) in [6.45, 7) is 0. The largest absolute Gasteiger partial charge is 0.376 e. The van der Waals surface area contributed by atoms with E-state index in [1.807, 2.05) is 36.4 Å². The second-order valence-electron chi connectivity index (χ2n) is 4.07. The van der Waals surface area contributed by atoms with Gasteiger partial charge in [-0.15, -0.1) is 18.3 Å². The number of hydrogen-bond acceptors (Lipinski definition) is 1.